The summed E-state index contributed by atoms with van der Waals surface area (Å²) in [7, 11) is 1.64. The first kappa shape index (κ1) is 24.6. The number of hydrogen-bond donors (Lipinski definition) is 2. The molecule has 7 nitrogen and oxygen atoms in total. The average Bonchev–Trinajstić information content (AvgIpc) is 3.27. The van der Waals surface area contributed by atoms with Crippen LogP contribution < -0.4 is 15.4 Å². The van der Waals surface area contributed by atoms with Crippen molar-refractivity contribution >= 4 is 40.6 Å². The number of nitrogens with zero attached hydrogens (tertiary/aromatic N) is 3. The highest BCUT2D eigenvalue weighted by atomic mass is 35.5. The Bertz CT molecular complexity index is 1320. The molecular formula is C26H26ClN5O2S. The van der Waals surface area contributed by atoms with Gasteiger partial charge in [-0.2, -0.15) is 0 Å². The first-order chi connectivity index (χ1) is 16.9. The van der Waals surface area contributed by atoms with E-state index in [9.17, 15) is 4.79 Å². The second-order valence-corrected chi connectivity index (χ2v) is 9.26. The number of benzene rings is 3. The summed E-state index contributed by atoms with van der Waals surface area (Å²) in [6.45, 7) is 4.45. The van der Waals surface area contributed by atoms with Crippen molar-refractivity contribution in [3.63, 3.8) is 0 Å². The van der Waals surface area contributed by atoms with E-state index < -0.39 is 0 Å². The van der Waals surface area contributed by atoms with Crippen LogP contribution in [0.1, 0.15) is 17.0 Å². The minimum Gasteiger partial charge on any atom is -0.497 e. The molecule has 0 atom stereocenters. The molecule has 0 spiro atoms. The molecule has 0 fully saturated rings. The summed E-state index contributed by atoms with van der Waals surface area (Å²) in [6, 6.07) is 21.0. The van der Waals surface area contributed by atoms with Crippen molar-refractivity contribution in [3.8, 4) is 11.4 Å². The zero-order valence-corrected chi connectivity index (χ0v) is 21.3. The van der Waals surface area contributed by atoms with Crippen LogP contribution in [0.5, 0.6) is 5.75 Å². The molecular weight excluding hydrogens is 482 g/mol. The Kier molecular flexibility index (Phi) is 7.94. The number of nitrogens with one attached hydrogen (secondary N) is 2. The van der Waals surface area contributed by atoms with Gasteiger partial charge >= 0.3 is 0 Å². The lowest BCUT2D eigenvalue weighted by atomic mass is 10.1. The van der Waals surface area contributed by atoms with E-state index in [4.69, 9.17) is 16.3 Å². The van der Waals surface area contributed by atoms with Crippen molar-refractivity contribution in [3.05, 3.63) is 88.7 Å². The topological polar surface area (TPSA) is 81.1 Å². The van der Waals surface area contributed by atoms with Crippen LogP contribution in [0.25, 0.3) is 5.69 Å². The summed E-state index contributed by atoms with van der Waals surface area (Å²) in [5.41, 5.74) is 4.75. The molecule has 0 aliphatic carbocycles. The summed E-state index contributed by atoms with van der Waals surface area (Å²) in [5.74, 6) is 1.57. The van der Waals surface area contributed by atoms with E-state index in [1.54, 1.807) is 7.11 Å². The molecule has 9 heteroatoms. The predicted octanol–water partition coefficient (Wildman–Crippen LogP) is 5.89. The van der Waals surface area contributed by atoms with E-state index >= 15 is 0 Å². The maximum Gasteiger partial charge on any atom is 0.234 e. The van der Waals surface area contributed by atoms with E-state index in [-0.39, 0.29) is 11.7 Å². The molecule has 0 aliphatic rings. The van der Waals surface area contributed by atoms with Crippen LogP contribution in [0.15, 0.2) is 71.9 Å². The van der Waals surface area contributed by atoms with Gasteiger partial charge in [-0.1, -0.05) is 41.6 Å². The van der Waals surface area contributed by atoms with Crippen molar-refractivity contribution in [1.29, 1.82) is 0 Å². The number of ether oxygens (including phenoxy) is 1. The Hall–Kier alpha value is -3.49. The van der Waals surface area contributed by atoms with Gasteiger partial charge in [-0.25, -0.2) is 0 Å². The van der Waals surface area contributed by atoms with Gasteiger partial charge in [-0.3, -0.25) is 9.36 Å². The summed E-state index contributed by atoms with van der Waals surface area (Å²) >= 11 is 7.58. The van der Waals surface area contributed by atoms with E-state index in [1.807, 2.05) is 85.1 Å². The van der Waals surface area contributed by atoms with Crippen molar-refractivity contribution in [2.45, 2.75) is 25.5 Å². The number of carbonyl (C=O) groups excluding carboxylic acids is 1. The van der Waals surface area contributed by atoms with Crippen LogP contribution in [0.3, 0.4) is 0 Å². The molecule has 0 saturated carbocycles. The van der Waals surface area contributed by atoms with Crippen LogP contribution >= 0.6 is 23.4 Å². The summed E-state index contributed by atoms with van der Waals surface area (Å²) < 4.78 is 7.13. The van der Waals surface area contributed by atoms with Gasteiger partial charge in [0.25, 0.3) is 0 Å². The molecule has 4 aromatic rings. The van der Waals surface area contributed by atoms with Gasteiger partial charge in [0.1, 0.15) is 5.75 Å². The lowest BCUT2D eigenvalue weighted by molar-refractivity contribution is -0.113. The molecule has 0 aliphatic heterocycles. The van der Waals surface area contributed by atoms with E-state index in [1.165, 1.54) is 11.8 Å². The molecule has 35 heavy (non-hydrogen) atoms. The van der Waals surface area contributed by atoms with Gasteiger partial charge < -0.3 is 15.4 Å². The monoisotopic (exact) mass is 507 g/mol. The Morgan fingerprint density at radius 3 is 2.57 bits per heavy atom. The number of halogens is 1. The maximum absolute atomic E-state index is 12.7. The minimum atomic E-state index is -0.109. The fourth-order valence-electron chi connectivity index (χ4n) is 3.48. The Morgan fingerprint density at radius 1 is 1.06 bits per heavy atom. The van der Waals surface area contributed by atoms with Crippen LogP contribution in [0.4, 0.5) is 11.4 Å². The number of aromatic nitrogens is 3. The number of amides is 1. The van der Waals surface area contributed by atoms with Gasteiger partial charge in [-0.05, 0) is 73.5 Å². The second kappa shape index (κ2) is 11.3. The van der Waals surface area contributed by atoms with Crippen molar-refractivity contribution in [1.82, 2.24) is 14.8 Å². The first-order valence-electron chi connectivity index (χ1n) is 11.0. The molecule has 0 unspecified atom stereocenters. The van der Waals surface area contributed by atoms with Gasteiger partial charge in [0.2, 0.25) is 5.91 Å². The lowest BCUT2D eigenvalue weighted by Gasteiger charge is -2.13. The molecule has 3 aromatic carbocycles. The molecule has 0 bridgehead atoms. The number of hydrogen-bond acceptors (Lipinski definition) is 6. The third-order valence-corrected chi connectivity index (χ3v) is 6.68. The highest BCUT2D eigenvalue weighted by Crippen LogP contribution is 2.26. The molecule has 1 aromatic heterocycles. The van der Waals surface area contributed by atoms with Crippen LogP contribution in [0.2, 0.25) is 5.02 Å². The summed E-state index contributed by atoms with van der Waals surface area (Å²) in [5, 5.41) is 16.3. The van der Waals surface area contributed by atoms with Gasteiger partial charge in [0.05, 0.1) is 25.1 Å². The van der Waals surface area contributed by atoms with Crippen molar-refractivity contribution in [2.75, 3.05) is 23.5 Å². The smallest absolute Gasteiger partial charge is 0.234 e. The van der Waals surface area contributed by atoms with E-state index in [0.29, 0.717) is 22.5 Å². The molecule has 1 amide bonds. The number of thioether (sulfide) groups is 1. The molecule has 0 radical (unpaired) electrons. The molecule has 4 rings (SSSR count). The minimum absolute atomic E-state index is 0.109. The molecule has 180 valence electrons. The lowest BCUT2D eigenvalue weighted by Crippen LogP contribution is -2.16. The Labute approximate surface area is 213 Å². The highest BCUT2D eigenvalue weighted by Gasteiger charge is 2.17. The quantitative estimate of drug-likeness (QED) is 0.275. The van der Waals surface area contributed by atoms with Crippen molar-refractivity contribution in [2.24, 2.45) is 0 Å². The standard InChI is InChI=1S/C26H26ClN5O2S/c1-17-6-4-9-23(18(17)2)29-25(33)16-35-26-31-30-24(32(26)21-8-5-7-19(27)14-21)15-28-20-10-12-22(34-3)13-11-20/h4-14,28H,15-16H2,1-3H3,(H,29,33). The fraction of sp³-hybridized carbons (Fsp3) is 0.192. The van der Waals surface area contributed by atoms with E-state index in [2.05, 4.69) is 20.8 Å². The van der Waals surface area contributed by atoms with E-state index in [0.717, 1.165) is 33.9 Å². The maximum atomic E-state index is 12.7. The van der Waals surface area contributed by atoms with Crippen molar-refractivity contribution < 1.29 is 9.53 Å². The Balaban J connectivity index is 1.51. The summed E-state index contributed by atoms with van der Waals surface area (Å²) in [4.78, 5) is 12.7. The molecule has 2 N–H and O–H groups in total. The third kappa shape index (κ3) is 6.15. The van der Waals surface area contributed by atoms with Crippen LogP contribution in [-0.4, -0.2) is 33.5 Å². The number of aryl methyl sites for hydroxylation is 1. The predicted molar refractivity (Wildman–Crippen MR) is 142 cm³/mol. The third-order valence-electron chi connectivity index (χ3n) is 5.52. The SMILES string of the molecule is COc1ccc(NCc2nnc(SCC(=O)Nc3cccc(C)c3C)n2-c2cccc(Cl)c2)cc1. The first-order valence-corrected chi connectivity index (χ1v) is 12.4. The normalized spacial score (nSPS) is 10.7. The number of methoxy groups -OCH3 is 1. The number of anilines is 2. The molecule has 0 saturated heterocycles. The highest BCUT2D eigenvalue weighted by molar-refractivity contribution is 7.99. The molecule has 1 heterocycles. The van der Waals surface area contributed by atoms with Gasteiger partial charge in [-0.15, -0.1) is 10.2 Å². The summed E-state index contributed by atoms with van der Waals surface area (Å²) in [6.07, 6.45) is 0. The zero-order chi connectivity index (χ0) is 24.8. The largest absolute Gasteiger partial charge is 0.497 e. The number of rotatable bonds is 9. The average molecular weight is 508 g/mol. The number of carbonyl (C=O) groups is 1. The zero-order valence-electron chi connectivity index (χ0n) is 19.7. The van der Waals surface area contributed by atoms with Crippen LogP contribution in [-0.2, 0) is 11.3 Å². The Morgan fingerprint density at radius 2 is 1.83 bits per heavy atom. The fourth-order valence-corrected chi connectivity index (χ4v) is 4.43. The van der Waals surface area contributed by atoms with Gasteiger partial charge in [0.15, 0.2) is 11.0 Å². The second-order valence-electron chi connectivity index (χ2n) is 7.88. The van der Waals surface area contributed by atoms with Crippen LogP contribution in [0, 0.1) is 13.8 Å². The van der Waals surface area contributed by atoms with Gasteiger partial charge in [0, 0.05) is 16.4 Å².